The molecule has 0 atom stereocenters. The number of hydrogen-bond acceptors (Lipinski definition) is 2. The maximum atomic E-state index is 11.4. The van der Waals surface area contributed by atoms with Crippen molar-refractivity contribution in [2.45, 2.75) is 77.8 Å². The van der Waals surface area contributed by atoms with Gasteiger partial charge in [-0.15, -0.1) is 11.1 Å². The third-order valence-corrected chi connectivity index (χ3v) is 3.54. The van der Waals surface area contributed by atoms with Gasteiger partial charge in [0.25, 0.3) is 5.97 Å². The van der Waals surface area contributed by atoms with E-state index in [-0.39, 0.29) is 5.97 Å². The molecule has 17 heavy (non-hydrogen) atoms. The third-order valence-electron chi connectivity index (χ3n) is 2.59. The van der Waals surface area contributed by atoms with E-state index in [4.69, 9.17) is 15.5 Å². The summed E-state index contributed by atoms with van der Waals surface area (Å²) in [5.41, 5.74) is 0. The van der Waals surface area contributed by atoms with E-state index >= 15 is 0 Å². The Labute approximate surface area is 112 Å². The summed E-state index contributed by atoms with van der Waals surface area (Å²) in [5, 5.41) is 0. The van der Waals surface area contributed by atoms with E-state index in [1.807, 2.05) is 13.1 Å². The van der Waals surface area contributed by atoms with Crippen LogP contribution in [0.5, 0.6) is 0 Å². The highest BCUT2D eigenvalue weighted by Crippen LogP contribution is 2.13. The Hall–Kier alpha value is -0.0231. The Morgan fingerprint density at radius 1 is 1.00 bits per heavy atom. The molecule has 102 valence electrons. The Morgan fingerprint density at radius 3 is 1.94 bits per heavy atom. The van der Waals surface area contributed by atoms with Gasteiger partial charge >= 0.3 is 7.63 Å². The second-order valence-electron chi connectivity index (χ2n) is 5.06. The summed E-state index contributed by atoms with van der Waals surface area (Å²) in [4.78, 5) is 11.4. The van der Waals surface area contributed by atoms with Crippen LogP contribution in [0.2, 0.25) is 13.1 Å². The highest BCUT2D eigenvalue weighted by atomic mass is 35.6. The van der Waals surface area contributed by atoms with Crippen LogP contribution in [0.4, 0.5) is 0 Å². The number of halogens is 1. The molecule has 0 rings (SSSR count). The molecule has 0 aliphatic heterocycles. The van der Waals surface area contributed by atoms with Crippen molar-refractivity contribution >= 4 is 24.7 Å². The van der Waals surface area contributed by atoms with Crippen LogP contribution >= 0.6 is 11.1 Å². The topological polar surface area (TPSA) is 26.3 Å². The molecule has 0 aromatic heterocycles. The minimum absolute atomic E-state index is 0.123. The summed E-state index contributed by atoms with van der Waals surface area (Å²) in [6.45, 7) is 5.87. The molecule has 0 unspecified atom stereocenters. The first-order valence-electron chi connectivity index (χ1n) is 6.86. The Bertz CT molecular complexity index is 202. The summed E-state index contributed by atoms with van der Waals surface area (Å²) >= 11 is 5.93. The van der Waals surface area contributed by atoms with Crippen LogP contribution in [0.15, 0.2) is 0 Å². The van der Waals surface area contributed by atoms with Gasteiger partial charge in [0.2, 0.25) is 0 Å². The lowest BCUT2D eigenvalue weighted by atomic mass is 10.1. The van der Waals surface area contributed by atoms with Crippen LogP contribution in [0.3, 0.4) is 0 Å². The summed E-state index contributed by atoms with van der Waals surface area (Å²) < 4.78 is 5.16. The van der Waals surface area contributed by atoms with Gasteiger partial charge in [-0.2, -0.15) is 0 Å². The van der Waals surface area contributed by atoms with Crippen LogP contribution in [0.25, 0.3) is 0 Å². The zero-order chi connectivity index (χ0) is 13.1. The molecule has 0 aliphatic rings. The number of hydrogen-bond donors (Lipinski definition) is 0. The second kappa shape index (κ2) is 9.95. The van der Waals surface area contributed by atoms with E-state index in [1.54, 1.807) is 0 Å². The van der Waals surface area contributed by atoms with Crippen LogP contribution in [0.1, 0.15) is 64.7 Å². The maximum absolute atomic E-state index is 11.4. The van der Waals surface area contributed by atoms with E-state index in [0.29, 0.717) is 6.42 Å². The van der Waals surface area contributed by atoms with E-state index < -0.39 is 7.63 Å². The van der Waals surface area contributed by atoms with Crippen molar-refractivity contribution < 1.29 is 9.22 Å². The number of carbonyl (C=O) groups is 1. The summed E-state index contributed by atoms with van der Waals surface area (Å²) in [6.07, 6.45) is 10.5. The predicted molar refractivity (Wildman–Crippen MR) is 76.7 cm³/mol. The van der Waals surface area contributed by atoms with Crippen LogP contribution in [-0.4, -0.2) is 13.6 Å². The molecule has 0 spiro atoms. The number of unbranched alkanes of at least 4 members (excludes halogenated alkanes) is 7. The van der Waals surface area contributed by atoms with Gasteiger partial charge < -0.3 is 4.43 Å². The number of rotatable bonds is 10. The van der Waals surface area contributed by atoms with Gasteiger partial charge in [-0.3, -0.25) is 4.79 Å². The van der Waals surface area contributed by atoms with E-state index in [2.05, 4.69) is 6.92 Å². The van der Waals surface area contributed by atoms with Crippen molar-refractivity contribution in [2.24, 2.45) is 0 Å². The fourth-order valence-corrected chi connectivity index (χ4v) is 2.63. The molecular weight excluding hydrogens is 252 g/mol. The molecule has 0 saturated heterocycles. The fourth-order valence-electron chi connectivity index (χ4n) is 1.72. The van der Waals surface area contributed by atoms with Gasteiger partial charge in [0.1, 0.15) is 0 Å². The van der Waals surface area contributed by atoms with Gasteiger partial charge in [0, 0.05) is 6.42 Å². The lowest BCUT2D eigenvalue weighted by molar-refractivity contribution is -0.135. The van der Waals surface area contributed by atoms with Gasteiger partial charge in [-0.1, -0.05) is 51.9 Å². The van der Waals surface area contributed by atoms with Crippen LogP contribution in [0, 0.1) is 0 Å². The zero-order valence-electron chi connectivity index (χ0n) is 11.6. The molecule has 0 aliphatic carbocycles. The highest BCUT2D eigenvalue weighted by Gasteiger charge is 2.22. The van der Waals surface area contributed by atoms with E-state index in [0.717, 1.165) is 12.8 Å². The first kappa shape index (κ1) is 17.0. The van der Waals surface area contributed by atoms with Gasteiger partial charge in [-0.05, 0) is 19.5 Å². The predicted octanol–water partition coefficient (Wildman–Crippen LogP) is 5.00. The molecule has 0 aromatic rings. The molecule has 0 saturated carbocycles. The Morgan fingerprint density at radius 2 is 1.47 bits per heavy atom. The highest BCUT2D eigenvalue weighted by molar-refractivity contribution is 7.15. The first-order chi connectivity index (χ1) is 7.95. The normalized spacial score (nSPS) is 11.5. The molecule has 0 fully saturated rings. The van der Waals surface area contributed by atoms with Crippen molar-refractivity contribution in [3.63, 3.8) is 0 Å². The minimum atomic E-state index is -2.19. The summed E-state index contributed by atoms with van der Waals surface area (Å²) in [7, 11) is -2.19. The zero-order valence-corrected chi connectivity index (χ0v) is 13.3. The third kappa shape index (κ3) is 13.9. The standard InChI is InChI=1S/C13H27ClO2Si/c1-4-5-6-7-8-9-10-11-12-13(15)16-17(2,3)14/h4-12H2,1-3H3. The monoisotopic (exact) mass is 278 g/mol. The minimum Gasteiger partial charge on any atom is -0.505 e. The van der Waals surface area contributed by atoms with E-state index in [1.165, 1.54) is 38.5 Å². The van der Waals surface area contributed by atoms with Crippen molar-refractivity contribution in [1.29, 1.82) is 0 Å². The average Bonchev–Trinajstić information content (AvgIpc) is 2.19. The molecule has 0 N–H and O–H groups in total. The molecule has 0 heterocycles. The quantitative estimate of drug-likeness (QED) is 0.319. The van der Waals surface area contributed by atoms with E-state index in [9.17, 15) is 4.79 Å². The van der Waals surface area contributed by atoms with Crippen molar-refractivity contribution in [1.82, 2.24) is 0 Å². The van der Waals surface area contributed by atoms with Crippen molar-refractivity contribution in [3.8, 4) is 0 Å². The Balaban J connectivity index is 3.25. The van der Waals surface area contributed by atoms with Crippen LogP contribution in [-0.2, 0) is 9.22 Å². The van der Waals surface area contributed by atoms with Gasteiger partial charge in [0.05, 0.1) is 0 Å². The second-order valence-corrected chi connectivity index (χ2v) is 10.7. The molecule has 0 radical (unpaired) electrons. The molecule has 0 bridgehead atoms. The lowest BCUT2D eigenvalue weighted by Gasteiger charge is -2.14. The largest absolute Gasteiger partial charge is 0.505 e. The lowest BCUT2D eigenvalue weighted by Crippen LogP contribution is -2.26. The SMILES string of the molecule is CCCCCCCCCCC(=O)O[Si](C)(C)Cl. The first-order valence-corrected chi connectivity index (χ1v) is 10.8. The molecular formula is C13H27ClO2Si. The number of carbonyl (C=O) groups excluding carboxylic acids is 1. The van der Waals surface area contributed by atoms with Crippen LogP contribution < -0.4 is 0 Å². The molecule has 0 amide bonds. The molecule has 2 nitrogen and oxygen atoms in total. The average molecular weight is 279 g/mol. The smallest absolute Gasteiger partial charge is 0.345 e. The van der Waals surface area contributed by atoms with Gasteiger partial charge in [-0.25, -0.2) is 0 Å². The Kier molecular flexibility index (Phi) is 9.94. The molecule has 0 aromatic carbocycles. The maximum Gasteiger partial charge on any atom is 0.345 e. The summed E-state index contributed by atoms with van der Waals surface area (Å²) in [5.74, 6) is -0.123. The summed E-state index contributed by atoms with van der Waals surface area (Å²) in [6, 6.07) is 0. The molecule has 4 heteroatoms. The van der Waals surface area contributed by atoms with Gasteiger partial charge in [0.15, 0.2) is 0 Å². The fraction of sp³-hybridized carbons (Fsp3) is 0.923. The van der Waals surface area contributed by atoms with Crippen molar-refractivity contribution in [3.05, 3.63) is 0 Å². The van der Waals surface area contributed by atoms with Crippen molar-refractivity contribution in [2.75, 3.05) is 0 Å².